The molecule has 250 valence electrons. The molecule has 1 fully saturated rings. The molecular formula is C38H51NO6S. The molecule has 4 rings (SSSR count). The molecule has 46 heavy (non-hydrogen) atoms. The second kappa shape index (κ2) is 14.4. The molecule has 1 saturated heterocycles. The number of nitrogens with zero attached hydrogens (tertiary/aromatic N) is 1. The molecule has 0 spiro atoms. The van der Waals surface area contributed by atoms with E-state index in [1.807, 2.05) is 142 Å². The van der Waals surface area contributed by atoms with Crippen LogP contribution in [0.2, 0.25) is 0 Å². The van der Waals surface area contributed by atoms with Gasteiger partial charge in [0.1, 0.15) is 12.0 Å². The first kappa shape index (κ1) is 35.8. The fourth-order valence-electron chi connectivity index (χ4n) is 6.73. The van der Waals surface area contributed by atoms with Crippen molar-refractivity contribution in [1.82, 2.24) is 4.31 Å². The summed E-state index contributed by atoms with van der Waals surface area (Å²) in [7, 11) is -4.06. The van der Waals surface area contributed by atoms with Crippen LogP contribution >= 0.6 is 0 Å². The van der Waals surface area contributed by atoms with Crippen LogP contribution in [0.1, 0.15) is 82.4 Å². The summed E-state index contributed by atoms with van der Waals surface area (Å²) >= 11 is 0. The van der Waals surface area contributed by atoms with Crippen LogP contribution in [0.15, 0.2) is 77.7 Å². The molecule has 3 aromatic carbocycles. The van der Waals surface area contributed by atoms with Crippen LogP contribution in [0.4, 0.5) is 0 Å². The highest BCUT2D eigenvalue weighted by Gasteiger charge is 2.51. The van der Waals surface area contributed by atoms with Crippen molar-refractivity contribution in [3.05, 3.63) is 101 Å². The average Bonchev–Trinajstić information content (AvgIpc) is 2.97. The summed E-state index contributed by atoms with van der Waals surface area (Å²) in [5, 5.41) is 0. The molecule has 3 aromatic rings. The van der Waals surface area contributed by atoms with Gasteiger partial charge >= 0.3 is 5.97 Å². The molecule has 1 aliphatic heterocycles. The van der Waals surface area contributed by atoms with Crippen molar-refractivity contribution >= 4 is 16.0 Å². The summed E-state index contributed by atoms with van der Waals surface area (Å²) in [6.07, 6.45) is -1.80. The van der Waals surface area contributed by atoms with Crippen molar-refractivity contribution in [3.63, 3.8) is 0 Å². The van der Waals surface area contributed by atoms with E-state index in [1.165, 1.54) is 4.31 Å². The minimum absolute atomic E-state index is 0.0111. The van der Waals surface area contributed by atoms with Crippen molar-refractivity contribution in [3.8, 4) is 0 Å². The van der Waals surface area contributed by atoms with E-state index in [0.717, 1.165) is 11.1 Å². The molecule has 7 nitrogen and oxygen atoms in total. The molecule has 0 N–H and O–H groups in total. The van der Waals surface area contributed by atoms with E-state index in [9.17, 15) is 13.2 Å². The summed E-state index contributed by atoms with van der Waals surface area (Å²) < 4.78 is 50.2. The average molecular weight is 650 g/mol. The van der Waals surface area contributed by atoms with Gasteiger partial charge in [-0.15, -0.1) is 0 Å². The lowest BCUT2D eigenvalue weighted by Crippen LogP contribution is -2.57. The Morgan fingerprint density at radius 1 is 0.826 bits per heavy atom. The van der Waals surface area contributed by atoms with Gasteiger partial charge in [0.15, 0.2) is 5.79 Å². The maximum Gasteiger partial charge on any atom is 0.314 e. The predicted molar refractivity (Wildman–Crippen MR) is 182 cm³/mol. The van der Waals surface area contributed by atoms with E-state index in [4.69, 9.17) is 14.2 Å². The van der Waals surface area contributed by atoms with Gasteiger partial charge in [-0.1, -0.05) is 106 Å². The molecule has 0 amide bonds. The molecule has 8 heteroatoms. The Hall–Kier alpha value is -3.04. The van der Waals surface area contributed by atoms with Crippen LogP contribution in [-0.4, -0.2) is 42.7 Å². The fourth-order valence-corrected chi connectivity index (χ4v) is 8.76. The summed E-state index contributed by atoms with van der Waals surface area (Å²) in [6, 6.07) is 21.9. The normalized spacial score (nSPS) is 21.4. The Bertz CT molecular complexity index is 1540. The maximum absolute atomic E-state index is 14.8. The first-order chi connectivity index (χ1) is 21.5. The van der Waals surface area contributed by atoms with E-state index in [-0.39, 0.29) is 23.3 Å². The SMILES string of the molecule is Cc1cc(C)c(S(=O)(=O)N(Cc2ccccc2)[C@H](C)[C@@H](OC(=O)C2[C@@H](C(C)C)OC(C)(C)O[C@H]2C(C)C)c2ccccc2)c(C)c1. The highest BCUT2D eigenvalue weighted by molar-refractivity contribution is 7.89. The topological polar surface area (TPSA) is 82.1 Å². The number of benzene rings is 3. The molecule has 1 aliphatic rings. The van der Waals surface area contributed by atoms with Gasteiger partial charge in [-0.05, 0) is 75.6 Å². The van der Waals surface area contributed by atoms with Gasteiger partial charge in [0.05, 0.1) is 23.1 Å². The molecule has 1 heterocycles. The zero-order chi connectivity index (χ0) is 34.0. The van der Waals surface area contributed by atoms with Gasteiger partial charge in [-0.3, -0.25) is 4.79 Å². The van der Waals surface area contributed by atoms with Crippen LogP contribution in [0.25, 0.3) is 0 Å². The molecule has 5 atom stereocenters. The Morgan fingerprint density at radius 2 is 1.30 bits per heavy atom. The van der Waals surface area contributed by atoms with E-state index in [1.54, 1.807) is 0 Å². The molecule has 0 aliphatic carbocycles. The maximum atomic E-state index is 14.8. The number of rotatable bonds is 11. The van der Waals surface area contributed by atoms with Gasteiger partial charge in [0, 0.05) is 6.54 Å². The molecular weight excluding hydrogens is 598 g/mol. The molecule has 0 saturated carbocycles. The third-order valence-corrected chi connectivity index (χ3v) is 11.0. The number of esters is 1. The lowest BCUT2D eigenvalue weighted by atomic mass is 9.82. The smallest absolute Gasteiger partial charge is 0.314 e. The van der Waals surface area contributed by atoms with Gasteiger partial charge in [0.25, 0.3) is 0 Å². The number of ether oxygens (including phenoxy) is 3. The van der Waals surface area contributed by atoms with Crippen molar-refractivity contribution in [2.45, 2.75) is 111 Å². The first-order valence-corrected chi connectivity index (χ1v) is 17.7. The van der Waals surface area contributed by atoms with Gasteiger partial charge < -0.3 is 14.2 Å². The van der Waals surface area contributed by atoms with Gasteiger partial charge in [-0.2, -0.15) is 4.31 Å². The third-order valence-electron chi connectivity index (χ3n) is 8.75. The van der Waals surface area contributed by atoms with E-state index in [2.05, 4.69) is 0 Å². The van der Waals surface area contributed by atoms with Crippen LogP contribution in [-0.2, 0) is 35.6 Å². The second-order valence-corrected chi connectivity index (χ2v) is 15.7. The molecule has 0 bridgehead atoms. The zero-order valence-corrected chi connectivity index (χ0v) is 29.8. The Kier molecular flexibility index (Phi) is 11.2. The molecule has 1 unspecified atom stereocenters. The minimum atomic E-state index is -4.06. The minimum Gasteiger partial charge on any atom is -0.455 e. The van der Waals surface area contributed by atoms with E-state index in [0.29, 0.717) is 16.7 Å². The first-order valence-electron chi connectivity index (χ1n) is 16.3. The van der Waals surface area contributed by atoms with Gasteiger partial charge in [0.2, 0.25) is 10.0 Å². The second-order valence-electron chi connectivity index (χ2n) is 13.9. The van der Waals surface area contributed by atoms with Crippen LogP contribution in [0.5, 0.6) is 0 Å². The number of hydrogen-bond donors (Lipinski definition) is 0. The van der Waals surface area contributed by atoms with Crippen LogP contribution in [0, 0.1) is 38.5 Å². The lowest BCUT2D eigenvalue weighted by molar-refractivity contribution is -0.332. The summed E-state index contributed by atoms with van der Waals surface area (Å²) in [6.45, 7) is 19.4. The number of sulfonamides is 1. The Balaban J connectivity index is 1.83. The zero-order valence-electron chi connectivity index (χ0n) is 29.0. The molecule has 0 radical (unpaired) electrons. The van der Waals surface area contributed by atoms with Crippen molar-refractivity contribution < 1.29 is 27.4 Å². The summed E-state index contributed by atoms with van der Waals surface area (Å²) in [5.74, 6) is -2.01. The highest BCUT2D eigenvalue weighted by atomic mass is 32.2. The standard InChI is InChI=1S/C38H51NO6S/c1-24(2)33-32(34(25(3)4)45-38(9,10)44-33)37(40)43-35(31-19-15-12-16-20-31)29(8)39(23-30-17-13-11-14-18-30)46(41,42)36-27(6)21-26(5)22-28(36)7/h11-22,24-25,29,32-35H,23H2,1-10H3/t29-,32?,33-,34+,35-/m1/s1. The molecule has 0 aromatic heterocycles. The van der Waals surface area contributed by atoms with Gasteiger partial charge in [-0.25, -0.2) is 8.42 Å². The van der Waals surface area contributed by atoms with E-state index >= 15 is 0 Å². The third kappa shape index (κ3) is 7.91. The van der Waals surface area contributed by atoms with E-state index < -0.39 is 52.1 Å². The predicted octanol–water partition coefficient (Wildman–Crippen LogP) is 7.92. The fraction of sp³-hybridized carbons (Fsp3) is 0.500. The van der Waals surface area contributed by atoms with Crippen molar-refractivity contribution in [2.75, 3.05) is 0 Å². The lowest BCUT2D eigenvalue weighted by Gasteiger charge is -2.48. The van der Waals surface area contributed by atoms with Crippen LogP contribution < -0.4 is 0 Å². The summed E-state index contributed by atoms with van der Waals surface area (Å²) in [5.41, 5.74) is 3.88. The largest absolute Gasteiger partial charge is 0.455 e. The number of aryl methyl sites for hydroxylation is 3. The number of carbonyl (C=O) groups is 1. The summed E-state index contributed by atoms with van der Waals surface area (Å²) in [4.78, 5) is 14.7. The monoisotopic (exact) mass is 649 g/mol. The van der Waals surface area contributed by atoms with Crippen molar-refractivity contribution in [1.29, 1.82) is 0 Å². The highest BCUT2D eigenvalue weighted by Crippen LogP contribution is 2.40. The Labute approximate surface area is 276 Å². The Morgan fingerprint density at radius 3 is 1.78 bits per heavy atom. The number of carbonyl (C=O) groups excluding carboxylic acids is 1. The van der Waals surface area contributed by atoms with Crippen LogP contribution in [0.3, 0.4) is 0 Å². The quantitative estimate of drug-likeness (QED) is 0.196. The van der Waals surface area contributed by atoms with Crippen molar-refractivity contribution in [2.24, 2.45) is 17.8 Å². The number of hydrogen-bond acceptors (Lipinski definition) is 6.